The topological polar surface area (TPSA) is 46.1 Å². The van der Waals surface area contributed by atoms with Crippen LogP contribution in [0.3, 0.4) is 0 Å². The molecular formula is C13H12FN3O. The maximum Gasteiger partial charge on any atom is 0.274 e. The molecule has 92 valence electrons. The van der Waals surface area contributed by atoms with Crippen molar-refractivity contribution in [3.05, 3.63) is 36.2 Å². The molecule has 1 aromatic heterocycles. The van der Waals surface area contributed by atoms with Crippen molar-refractivity contribution in [1.29, 1.82) is 0 Å². The molecule has 18 heavy (non-hydrogen) atoms. The van der Waals surface area contributed by atoms with Crippen molar-refractivity contribution in [3.8, 4) is 0 Å². The number of aromatic nitrogens is 2. The summed E-state index contributed by atoms with van der Waals surface area (Å²) in [4.78, 5) is 22.0. The van der Waals surface area contributed by atoms with Crippen LogP contribution in [-0.2, 0) is 0 Å². The fourth-order valence-corrected chi connectivity index (χ4v) is 2.12. The number of carbonyl (C=O) groups excluding carboxylic acids is 1. The molecule has 4 nitrogen and oxygen atoms in total. The number of likely N-dealkylation sites (tertiary alicyclic amines) is 1. The number of rotatable bonds is 1. The zero-order valence-corrected chi connectivity index (χ0v) is 9.71. The summed E-state index contributed by atoms with van der Waals surface area (Å²) in [5, 5.41) is 0. The minimum Gasteiger partial charge on any atom is -0.334 e. The van der Waals surface area contributed by atoms with Crippen molar-refractivity contribution < 1.29 is 9.18 Å². The summed E-state index contributed by atoms with van der Waals surface area (Å²) in [7, 11) is 0. The van der Waals surface area contributed by atoms with Gasteiger partial charge in [0, 0.05) is 6.54 Å². The highest BCUT2D eigenvalue weighted by Crippen LogP contribution is 2.16. The number of hydrogen-bond donors (Lipinski definition) is 0. The van der Waals surface area contributed by atoms with Crippen molar-refractivity contribution in [3.63, 3.8) is 0 Å². The first-order valence-electron chi connectivity index (χ1n) is 5.89. The first-order chi connectivity index (χ1) is 8.74. The van der Waals surface area contributed by atoms with Gasteiger partial charge in [0.25, 0.3) is 5.91 Å². The Balaban J connectivity index is 1.92. The van der Waals surface area contributed by atoms with E-state index in [-0.39, 0.29) is 18.1 Å². The van der Waals surface area contributed by atoms with Crippen LogP contribution < -0.4 is 0 Å². The molecular weight excluding hydrogens is 233 g/mol. The molecule has 0 spiro atoms. The Morgan fingerprint density at radius 1 is 1.33 bits per heavy atom. The number of hydrogen-bond acceptors (Lipinski definition) is 3. The number of halogens is 1. The number of amides is 1. The second-order valence-electron chi connectivity index (χ2n) is 4.38. The summed E-state index contributed by atoms with van der Waals surface area (Å²) in [5.74, 6) is -0.242. The molecule has 1 saturated heterocycles. The van der Waals surface area contributed by atoms with E-state index in [4.69, 9.17) is 0 Å². The lowest BCUT2D eigenvalue weighted by Crippen LogP contribution is -2.29. The van der Waals surface area contributed by atoms with Gasteiger partial charge in [-0.25, -0.2) is 9.37 Å². The van der Waals surface area contributed by atoms with Gasteiger partial charge < -0.3 is 4.90 Å². The van der Waals surface area contributed by atoms with Crippen LogP contribution in [0.4, 0.5) is 4.39 Å². The van der Waals surface area contributed by atoms with Gasteiger partial charge in [0.1, 0.15) is 11.9 Å². The van der Waals surface area contributed by atoms with Crippen LogP contribution in [0, 0.1) is 0 Å². The third kappa shape index (κ3) is 1.92. The summed E-state index contributed by atoms with van der Waals surface area (Å²) in [6, 6.07) is 7.36. The summed E-state index contributed by atoms with van der Waals surface area (Å²) in [6.45, 7) is 0.613. The van der Waals surface area contributed by atoms with Crippen LogP contribution in [-0.4, -0.2) is 40.0 Å². The van der Waals surface area contributed by atoms with E-state index in [1.165, 1.54) is 11.1 Å². The fourth-order valence-electron chi connectivity index (χ4n) is 2.12. The third-order valence-electron chi connectivity index (χ3n) is 3.09. The predicted molar refractivity (Wildman–Crippen MR) is 65.0 cm³/mol. The van der Waals surface area contributed by atoms with E-state index in [1.807, 2.05) is 18.2 Å². The number of para-hydroxylation sites is 2. The Morgan fingerprint density at radius 3 is 2.83 bits per heavy atom. The Hall–Kier alpha value is -2.04. The van der Waals surface area contributed by atoms with Crippen LogP contribution >= 0.6 is 0 Å². The molecule has 1 fully saturated rings. The van der Waals surface area contributed by atoms with Crippen LogP contribution in [0.15, 0.2) is 30.5 Å². The summed E-state index contributed by atoms with van der Waals surface area (Å²) in [5.41, 5.74) is 1.71. The molecule has 2 aromatic rings. The SMILES string of the molecule is O=C(c1cnc2ccccc2n1)N1CCC(F)C1. The third-order valence-corrected chi connectivity index (χ3v) is 3.09. The first-order valence-corrected chi connectivity index (χ1v) is 5.89. The Morgan fingerprint density at radius 2 is 2.11 bits per heavy atom. The minimum absolute atomic E-state index is 0.160. The number of nitrogens with zero attached hydrogens (tertiary/aromatic N) is 3. The zero-order chi connectivity index (χ0) is 12.5. The van der Waals surface area contributed by atoms with Gasteiger partial charge in [-0.15, -0.1) is 0 Å². The van der Waals surface area contributed by atoms with Gasteiger partial charge in [0.05, 0.1) is 23.8 Å². The van der Waals surface area contributed by atoms with Crippen molar-refractivity contribution in [2.75, 3.05) is 13.1 Å². The van der Waals surface area contributed by atoms with E-state index in [2.05, 4.69) is 9.97 Å². The molecule has 2 heterocycles. The lowest BCUT2D eigenvalue weighted by molar-refractivity contribution is 0.0777. The Labute approximate surface area is 103 Å². The van der Waals surface area contributed by atoms with Crippen LogP contribution in [0.5, 0.6) is 0 Å². The van der Waals surface area contributed by atoms with Gasteiger partial charge in [0.2, 0.25) is 0 Å². The molecule has 0 aliphatic carbocycles. The average molecular weight is 245 g/mol. The first kappa shape index (κ1) is 11.1. The van der Waals surface area contributed by atoms with Gasteiger partial charge in [0.15, 0.2) is 0 Å². The average Bonchev–Trinajstić information content (AvgIpc) is 2.84. The monoisotopic (exact) mass is 245 g/mol. The minimum atomic E-state index is -0.914. The standard InChI is InChI=1S/C13H12FN3O/c14-9-5-6-17(8-9)13(18)12-7-15-10-3-1-2-4-11(10)16-12/h1-4,7,9H,5-6,8H2. The van der Waals surface area contributed by atoms with E-state index >= 15 is 0 Å². The molecule has 1 unspecified atom stereocenters. The molecule has 0 saturated carbocycles. The smallest absolute Gasteiger partial charge is 0.274 e. The van der Waals surface area contributed by atoms with E-state index in [0.717, 1.165) is 5.52 Å². The quantitative estimate of drug-likeness (QED) is 0.769. The van der Waals surface area contributed by atoms with Crippen LogP contribution in [0.2, 0.25) is 0 Å². The van der Waals surface area contributed by atoms with Crippen molar-refractivity contribution in [2.45, 2.75) is 12.6 Å². The summed E-state index contributed by atoms with van der Waals surface area (Å²) < 4.78 is 13.1. The van der Waals surface area contributed by atoms with Gasteiger partial charge in [-0.2, -0.15) is 0 Å². The lowest BCUT2D eigenvalue weighted by atomic mass is 10.3. The highest BCUT2D eigenvalue weighted by Gasteiger charge is 2.27. The van der Waals surface area contributed by atoms with Gasteiger partial charge in [-0.05, 0) is 18.6 Å². The Kier molecular flexibility index (Phi) is 2.66. The predicted octanol–water partition coefficient (Wildman–Crippen LogP) is 1.81. The van der Waals surface area contributed by atoms with E-state index in [1.54, 1.807) is 6.07 Å². The zero-order valence-electron chi connectivity index (χ0n) is 9.71. The lowest BCUT2D eigenvalue weighted by Gasteiger charge is -2.14. The molecule has 3 rings (SSSR count). The number of alkyl halides is 1. The van der Waals surface area contributed by atoms with Gasteiger partial charge in [-0.1, -0.05) is 12.1 Å². The van der Waals surface area contributed by atoms with Crippen molar-refractivity contribution in [2.24, 2.45) is 0 Å². The molecule has 1 amide bonds. The maximum atomic E-state index is 13.1. The largest absolute Gasteiger partial charge is 0.334 e. The summed E-state index contributed by atoms with van der Waals surface area (Å²) in [6.07, 6.45) is 0.950. The van der Waals surface area contributed by atoms with Gasteiger partial charge >= 0.3 is 0 Å². The summed E-state index contributed by atoms with van der Waals surface area (Å²) >= 11 is 0. The molecule has 1 aliphatic heterocycles. The highest BCUT2D eigenvalue weighted by atomic mass is 19.1. The van der Waals surface area contributed by atoms with Gasteiger partial charge in [-0.3, -0.25) is 9.78 Å². The second kappa shape index (κ2) is 4.33. The van der Waals surface area contributed by atoms with Crippen molar-refractivity contribution in [1.82, 2.24) is 14.9 Å². The molecule has 0 bridgehead atoms. The van der Waals surface area contributed by atoms with E-state index < -0.39 is 6.17 Å². The molecule has 0 N–H and O–H groups in total. The number of benzene rings is 1. The fraction of sp³-hybridized carbons (Fsp3) is 0.308. The normalized spacial score (nSPS) is 19.4. The van der Waals surface area contributed by atoms with E-state index in [9.17, 15) is 9.18 Å². The molecule has 5 heteroatoms. The Bertz CT molecular complexity index is 602. The van der Waals surface area contributed by atoms with Crippen LogP contribution in [0.25, 0.3) is 11.0 Å². The highest BCUT2D eigenvalue weighted by molar-refractivity contribution is 5.94. The molecule has 0 radical (unpaired) electrons. The van der Waals surface area contributed by atoms with Crippen molar-refractivity contribution >= 4 is 16.9 Å². The second-order valence-corrected chi connectivity index (χ2v) is 4.38. The molecule has 1 atom stereocenters. The van der Waals surface area contributed by atoms with E-state index in [0.29, 0.717) is 18.5 Å². The molecule has 1 aliphatic rings. The number of carbonyl (C=O) groups is 1. The number of fused-ring (bicyclic) bond motifs is 1. The van der Waals surface area contributed by atoms with Crippen LogP contribution in [0.1, 0.15) is 16.9 Å². The molecule has 1 aromatic carbocycles. The maximum absolute atomic E-state index is 13.1.